The molecule has 16 heavy (non-hydrogen) atoms. The van der Waals surface area contributed by atoms with Crippen LogP contribution in [0.1, 0.15) is 23.3 Å². The SMILES string of the molecule is O=C(c1ccc[nH]1)C1CC2CC=CC=C2O1. The lowest BCUT2D eigenvalue weighted by Crippen LogP contribution is -2.19. The van der Waals surface area contributed by atoms with E-state index in [1.807, 2.05) is 18.2 Å². The molecule has 0 bridgehead atoms. The van der Waals surface area contributed by atoms with Crippen molar-refractivity contribution in [3.05, 3.63) is 48.0 Å². The molecule has 2 aliphatic rings. The van der Waals surface area contributed by atoms with Crippen molar-refractivity contribution in [1.29, 1.82) is 0 Å². The number of aromatic amines is 1. The average Bonchev–Trinajstić information content (AvgIpc) is 2.97. The van der Waals surface area contributed by atoms with Crippen molar-refractivity contribution in [3.8, 4) is 0 Å². The number of ether oxygens (including phenoxy) is 1. The molecule has 2 heterocycles. The third-order valence-electron chi connectivity index (χ3n) is 3.15. The molecule has 2 unspecified atom stereocenters. The van der Waals surface area contributed by atoms with E-state index < -0.39 is 0 Å². The lowest BCUT2D eigenvalue weighted by Gasteiger charge is -2.09. The predicted octanol–water partition coefficient (Wildman–Crippen LogP) is 2.45. The Morgan fingerprint density at radius 1 is 1.50 bits per heavy atom. The van der Waals surface area contributed by atoms with Crippen molar-refractivity contribution in [2.24, 2.45) is 5.92 Å². The quantitative estimate of drug-likeness (QED) is 0.770. The third-order valence-corrected chi connectivity index (χ3v) is 3.15. The fourth-order valence-corrected chi connectivity index (χ4v) is 2.29. The summed E-state index contributed by atoms with van der Waals surface area (Å²) in [6.45, 7) is 0. The van der Waals surface area contributed by atoms with Crippen molar-refractivity contribution in [2.45, 2.75) is 18.9 Å². The van der Waals surface area contributed by atoms with E-state index in [0.717, 1.165) is 18.6 Å². The molecule has 3 heteroatoms. The van der Waals surface area contributed by atoms with Crippen LogP contribution in [0, 0.1) is 5.92 Å². The van der Waals surface area contributed by atoms with Crippen LogP contribution >= 0.6 is 0 Å². The van der Waals surface area contributed by atoms with Gasteiger partial charge in [0, 0.05) is 18.5 Å². The summed E-state index contributed by atoms with van der Waals surface area (Å²) in [5.41, 5.74) is 0.636. The van der Waals surface area contributed by atoms with E-state index in [4.69, 9.17) is 4.74 Å². The van der Waals surface area contributed by atoms with Crippen molar-refractivity contribution >= 4 is 5.78 Å². The molecule has 2 atom stereocenters. The minimum atomic E-state index is -0.310. The van der Waals surface area contributed by atoms with Gasteiger partial charge in [0.2, 0.25) is 5.78 Å². The summed E-state index contributed by atoms with van der Waals surface area (Å²) in [5.74, 6) is 1.42. The number of nitrogens with one attached hydrogen (secondary N) is 1. The van der Waals surface area contributed by atoms with Gasteiger partial charge in [-0.2, -0.15) is 0 Å². The Balaban J connectivity index is 1.77. The van der Waals surface area contributed by atoms with E-state index >= 15 is 0 Å². The molecular weight excluding hydrogens is 202 g/mol. The van der Waals surface area contributed by atoms with E-state index in [1.165, 1.54) is 0 Å². The van der Waals surface area contributed by atoms with Gasteiger partial charge < -0.3 is 9.72 Å². The number of ketones is 1. The summed E-state index contributed by atoms with van der Waals surface area (Å²) in [6.07, 6.45) is 9.32. The number of hydrogen-bond acceptors (Lipinski definition) is 2. The summed E-state index contributed by atoms with van der Waals surface area (Å²) >= 11 is 0. The first-order chi connectivity index (χ1) is 7.84. The van der Waals surface area contributed by atoms with E-state index in [9.17, 15) is 4.79 Å². The number of carbonyl (C=O) groups excluding carboxylic acids is 1. The highest BCUT2D eigenvalue weighted by Crippen LogP contribution is 2.35. The van der Waals surface area contributed by atoms with E-state index in [1.54, 1.807) is 12.3 Å². The van der Waals surface area contributed by atoms with Crippen LogP contribution in [0.15, 0.2) is 42.3 Å². The number of aromatic nitrogens is 1. The standard InChI is InChI=1S/C13H13NO2/c15-13(10-5-3-7-14-10)12-8-9-4-1-2-6-11(9)16-12/h1-3,5-7,9,12,14H,4,8H2. The maximum Gasteiger partial charge on any atom is 0.219 e. The fourth-order valence-electron chi connectivity index (χ4n) is 2.29. The molecule has 1 N–H and O–H groups in total. The second-order valence-corrected chi connectivity index (χ2v) is 4.22. The van der Waals surface area contributed by atoms with Crippen molar-refractivity contribution in [3.63, 3.8) is 0 Å². The second kappa shape index (κ2) is 3.67. The van der Waals surface area contributed by atoms with E-state index in [0.29, 0.717) is 11.6 Å². The van der Waals surface area contributed by atoms with Gasteiger partial charge in [-0.15, -0.1) is 0 Å². The smallest absolute Gasteiger partial charge is 0.219 e. The van der Waals surface area contributed by atoms with Crippen molar-refractivity contribution in [1.82, 2.24) is 4.98 Å². The molecule has 0 amide bonds. The van der Waals surface area contributed by atoms with Crippen LogP contribution in [0.3, 0.4) is 0 Å². The number of hydrogen-bond donors (Lipinski definition) is 1. The van der Waals surface area contributed by atoms with Crippen LogP contribution in [0.4, 0.5) is 0 Å². The van der Waals surface area contributed by atoms with E-state index in [2.05, 4.69) is 11.1 Å². The molecule has 0 spiro atoms. The topological polar surface area (TPSA) is 42.1 Å². The molecule has 0 saturated carbocycles. The summed E-state index contributed by atoms with van der Waals surface area (Å²) in [7, 11) is 0. The number of fused-ring (bicyclic) bond motifs is 1. The highest BCUT2D eigenvalue weighted by molar-refractivity contribution is 5.98. The Kier molecular flexibility index (Phi) is 2.17. The van der Waals surface area contributed by atoms with Crippen LogP contribution < -0.4 is 0 Å². The van der Waals surface area contributed by atoms with Gasteiger partial charge in [-0.3, -0.25) is 4.79 Å². The Morgan fingerprint density at radius 2 is 2.44 bits per heavy atom. The lowest BCUT2D eigenvalue weighted by atomic mass is 9.94. The summed E-state index contributed by atoms with van der Waals surface area (Å²) in [5, 5.41) is 0. The van der Waals surface area contributed by atoms with Gasteiger partial charge in [0.05, 0.1) is 5.69 Å². The molecule has 3 rings (SSSR count). The first-order valence-electron chi connectivity index (χ1n) is 5.55. The Hall–Kier alpha value is -1.77. The third kappa shape index (κ3) is 1.48. The van der Waals surface area contributed by atoms with Crippen LogP contribution in [-0.2, 0) is 4.74 Å². The van der Waals surface area contributed by atoms with Crippen LogP contribution in [0.2, 0.25) is 0 Å². The normalized spacial score (nSPS) is 27.1. The maximum atomic E-state index is 12.0. The largest absolute Gasteiger partial charge is 0.486 e. The minimum Gasteiger partial charge on any atom is -0.486 e. The Labute approximate surface area is 93.8 Å². The van der Waals surface area contributed by atoms with Gasteiger partial charge in [0.15, 0.2) is 6.10 Å². The molecule has 1 aliphatic heterocycles. The number of rotatable bonds is 2. The van der Waals surface area contributed by atoms with Crippen LogP contribution in [-0.4, -0.2) is 16.9 Å². The number of carbonyl (C=O) groups is 1. The molecule has 0 aromatic carbocycles. The molecule has 0 radical (unpaired) electrons. The molecular formula is C13H13NO2. The van der Waals surface area contributed by atoms with Gasteiger partial charge in [0.1, 0.15) is 5.76 Å². The molecule has 1 saturated heterocycles. The molecule has 1 fully saturated rings. The predicted molar refractivity (Wildman–Crippen MR) is 59.9 cm³/mol. The Morgan fingerprint density at radius 3 is 3.19 bits per heavy atom. The highest BCUT2D eigenvalue weighted by atomic mass is 16.5. The van der Waals surface area contributed by atoms with E-state index in [-0.39, 0.29) is 11.9 Å². The second-order valence-electron chi connectivity index (χ2n) is 4.22. The fraction of sp³-hybridized carbons (Fsp3) is 0.308. The van der Waals surface area contributed by atoms with Crippen molar-refractivity contribution in [2.75, 3.05) is 0 Å². The highest BCUT2D eigenvalue weighted by Gasteiger charge is 2.36. The van der Waals surface area contributed by atoms with Gasteiger partial charge in [-0.05, 0) is 24.6 Å². The van der Waals surface area contributed by atoms with Crippen molar-refractivity contribution < 1.29 is 9.53 Å². The molecule has 1 aromatic rings. The monoisotopic (exact) mass is 215 g/mol. The summed E-state index contributed by atoms with van der Waals surface area (Å²) in [6, 6.07) is 3.62. The molecule has 1 aromatic heterocycles. The minimum absolute atomic E-state index is 0.0558. The van der Waals surface area contributed by atoms with Gasteiger partial charge in [-0.25, -0.2) is 0 Å². The maximum absolute atomic E-state index is 12.0. The molecule has 1 aliphatic carbocycles. The lowest BCUT2D eigenvalue weighted by molar-refractivity contribution is 0.0737. The Bertz CT molecular complexity index is 456. The number of allylic oxidation sites excluding steroid dienone is 4. The van der Waals surface area contributed by atoms with Gasteiger partial charge >= 0.3 is 0 Å². The zero-order valence-corrected chi connectivity index (χ0v) is 8.85. The zero-order chi connectivity index (χ0) is 11.0. The summed E-state index contributed by atoms with van der Waals surface area (Å²) < 4.78 is 5.69. The first kappa shape index (κ1) is 9.46. The summed E-state index contributed by atoms with van der Waals surface area (Å²) in [4.78, 5) is 15.0. The molecule has 82 valence electrons. The first-order valence-corrected chi connectivity index (χ1v) is 5.55. The zero-order valence-electron chi connectivity index (χ0n) is 8.85. The van der Waals surface area contributed by atoms with Crippen LogP contribution in [0.25, 0.3) is 0 Å². The van der Waals surface area contributed by atoms with Crippen LogP contribution in [0.5, 0.6) is 0 Å². The molecule has 3 nitrogen and oxygen atoms in total. The number of Topliss-reactive ketones (excluding diaryl/α,β-unsaturated/α-hetero) is 1. The number of H-pyrrole nitrogens is 1. The van der Waals surface area contributed by atoms with Gasteiger partial charge in [0.25, 0.3) is 0 Å². The average molecular weight is 215 g/mol. The van der Waals surface area contributed by atoms with Gasteiger partial charge in [-0.1, -0.05) is 12.2 Å².